The van der Waals surface area contributed by atoms with E-state index in [-0.39, 0.29) is 38.6 Å². The fourth-order valence-electron chi connectivity index (χ4n) is 1.95. The molecule has 9 heteroatoms. The Morgan fingerprint density at radius 1 is 1.15 bits per heavy atom. The van der Waals surface area contributed by atoms with E-state index in [9.17, 15) is 14.4 Å². The zero-order valence-electron chi connectivity index (χ0n) is 16.2. The Morgan fingerprint density at radius 3 is 2.56 bits per heavy atom. The quantitative estimate of drug-likeness (QED) is 0.491. The molecule has 0 atom stereocenters. The molecule has 0 saturated heterocycles. The number of nitrogens with zero attached hydrogens (tertiary/aromatic N) is 1. The molecule has 2 N–H and O–H groups in total. The van der Waals surface area contributed by atoms with E-state index in [2.05, 4.69) is 20.4 Å². The number of rotatable bonds is 9. The van der Waals surface area contributed by atoms with E-state index in [1.807, 2.05) is 0 Å². The van der Waals surface area contributed by atoms with Gasteiger partial charge in [-0.25, -0.2) is 9.59 Å². The van der Waals surface area contributed by atoms with Crippen molar-refractivity contribution in [2.24, 2.45) is 0 Å². The van der Waals surface area contributed by atoms with Crippen molar-refractivity contribution in [2.75, 3.05) is 26.9 Å². The second-order valence-corrected chi connectivity index (χ2v) is 6.56. The van der Waals surface area contributed by atoms with Crippen molar-refractivity contribution < 1.29 is 28.6 Å². The van der Waals surface area contributed by atoms with Crippen LogP contribution in [0.4, 0.5) is 4.79 Å². The first-order valence-corrected chi connectivity index (χ1v) is 8.56. The molecule has 0 aliphatic rings. The lowest BCUT2D eigenvalue weighted by Crippen LogP contribution is -2.34. The molecule has 1 aromatic rings. The molecule has 27 heavy (non-hydrogen) atoms. The summed E-state index contributed by atoms with van der Waals surface area (Å²) in [7, 11) is 1.28. The normalized spacial score (nSPS) is 10.8. The summed E-state index contributed by atoms with van der Waals surface area (Å²) in [6, 6.07) is 3.21. The van der Waals surface area contributed by atoms with E-state index in [0.717, 1.165) is 0 Å². The molecule has 0 spiro atoms. The van der Waals surface area contributed by atoms with Crippen molar-refractivity contribution in [3.05, 3.63) is 29.6 Å². The number of aromatic nitrogens is 1. The number of nitrogens with one attached hydrogen (secondary N) is 2. The van der Waals surface area contributed by atoms with Gasteiger partial charge in [-0.1, -0.05) is 0 Å². The Hall–Kier alpha value is -2.68. The number of pyridine rings is 1. The van der Waals surface area contributed by atoms with Crippen molar-refractivity contribution in [3.8, 4) is 0 Å². The van der Waals surface area contributed by atoms with Gasteiger partial charge in [-0.3, -0.25) is 9.78 Å². The Morgan fingerprint density at radius 2 is 1.89 bits per heavy atom. The lowest BCUT2D eigenvalue weighted by atomic mass is 10.2. The number of carbonyl (C=O) groups excluding carboxylic acids is 3. The molecule has 0 bridgehead atoms. The number of amides is 2. The van der Waals surface area contributed by atoms with Crippen LogP contribution in [0.2, 0.25) is 0 Å². The van der Waals surface area contributed by atoms with Gasteiger partial charge in [0.2, 0.25) is 5.91 Å². The van der Waals surface area contributed by atoms with Crippen molar-refractivity contribution in [1.29, 1.82) is 0 Å². The van der Waals surface area contributed by atoms with Crippen LogP contribution in [0.15, 0.2) is 18.3 Å². The molecule has 0 fully saturated rings. The van der Waals surface area contributed by atoms with Crippen molar-refractivity contribution in [3.63, 3.8) is 0 Å². The summed E-state index contributed by atoms with van der Waals surface area (Å²) in [5.41, 5.74) is 0.189. The van der Waals surface area contributed by atoms with E-state index in [1.165, 1.54) is 13.3 Å². The summed E-state index contributed by atoms with van der Waals surface area (Å²) in [6.07, 6.45) is 1.17. The molecule has 0 aromatic carbocycles. The third-order valence-electron chi connectivity index (χ3n) is 3.14. The van der Waals surface area contributed by atoms with Crippen molar-refractivity contribution in [2.45, 2.75) is 39.3 Å². The molecular weight excluding hydrogens is 354 g/mol. The second kappa shape index (κ2) is 11.1. The van der Waals surface area contributed by atoms with Gasteiger partial charge in [-0.15, -0.1) is 0 Å². The topological polar surface area (TPSA) is 116 Å². The highest BCUT2D eigenvalue weighted by Crippen LogP contribution is 2.07. The Bertz CT molecular complexity index is 642. The molecule has 1 aromatic heterocycles. The van der Waals surface area contributed by atoms with Crippen molar-refractivity contribution >= 4 is 18.0 Å². The molecular formula is C18H27N3O6. The predicted octanol–water partition coefficient (Wildman–Crippen LogP) is 1.42. The molecule has 1 rings (SSSR count). The van der Waals surface area contributed by atoms with Gasteiger partial charge in [0.25, 0.3) is 0 Å². The maximum atomic E-state index is 11.8. The van der Waals surface area contributed by atoms with Crippen LogP contribution in [-0.2, 0) is 25.5 Å². The second-order valence-electron chi connectivity index (χ2n) is 6.56. The number of hydrogen-bond donors (Lipinski definition) is 2. The van der Waals surface area contributed by atoms with Crippen LogP contribution in [0, 0.1) is 0 Å². The van der Waals surface area contributed by atoms with Gasteiger partial charge in [-0.05, 0) is 32.9 Å². The largest absolute Gasteiger partial charge is 0.465 e. The standard InChI is InChI=1S/C18H27N3O6/c1-18(2,3)27-17(24)20-9-11-26-10-7-15(22)21-12-14-13(16(23)25-4)6-5-8-19-14/h5-6,8H,7,9-12H2,1-4H3,(H,20,24)(H,21,22). The van der Waals surface area contributed by atoms with E-state index < -0.39 is 17.7 Å². The maximum Gasteiger partial charge on any atom is 0.407 e. The number of alkyl carbamates (subject to hydrolysis) is 1. The van der Waals surface area contributed by atoms with Crippen LogP contribution >= 0.6 is 0 Å². The van der Waals surface area contributed by atoms with Gasteiger partial charge >= 0.3 is 12.1 Å². The van der Waals surface area contributed by atoms with Crippen molar-refractivity contribution in [1.82, 2.24) is 15.6 Å². The minimum atomic E-state index is -0.551. The molecule has 0 radical (unpaired) electrons. The zero-order chi connectivity index (χ0) is 20.3. The summed E-state index contributed by atoms with van der Waals surface area (Å²) in [6.45, 7) is 6.20. The first-order chi connectivity index (χ1) is 12.7. The highest BCUT2D eigenvalue weighted by molar-refractivity contribution is 5.90. The minimum absolute atomic E-state index is 0.115. The highest BCUT2D eigenvalue weighted by Gasteiger charge is 2.15. The summed E-state index contributed by atoms with van der Waals surface area (Å²) >= 11 is 0. The van der Waals surface area contributed by atoms with Crippen LogP contribution < -0.4 is 10.6 Å². The molecule has 9 nitrogen and oxygen atoms in total. The van der Waals surface area contributed by atoms with Gasteiger partial charge in [-0.2, -0.15) is 0 Å². The first-order valence-electron chi connectivity index (χ1n) is 8.56. The molecule has 0 aliphatic heterocycles. The van der Waals surface area contributed by atoms with E-state index in [4.69, 9.17) is 9.47 Å². The predicted molar refractivity (Wildman–Crippen MR) is 97.1 cm³/mol. The summed E-state index contributed by atoms with van der Waals surface area (Å²) in [5.74, 6) is -0.746. The summed E-state index contributed by atoms with van der Waals surface area (Å²) < 4.78 is 15.1. The van der Waals surface area contributed by atoms with Gasteiger partial charge in [0.05, 0.1) is 38.1 Å². The monoisotopic (exact) mass is 381 g/mol. The molecule has 150 valence electrons. The lowest BCUT2D eigenvalue weighted by Gasteiger charge is -2.19. The molecule has 0 aliphatic carbocycles. The Labute approximate surface area is 158 Å². The number of esters is 1. The van der Waals surface area contributed by atoms with Gasteiger partial charge in [0.15, 0.2) is 0 Å². The fraction of sp³-hybridized carbons (Fsp3) is 0.556. The van der Waals surface area contributed by atoms with E-state index in [0.29, 0.717) is 11.3 Å². The van der Waals surface area contributed by atoms with Crippen LogP contribution in [-0.4, -0.2) is 55.4 Å². The third-order valence-corrected chi connectivity index (χ3v) is 3.14. The molecule has 2 amide bonds. The summed E-state index contributed by atoms with van der Waals surface area (Å²) in [5, 5.41) is 5.23. The minimum Gasteiger partial charge on any atom is -0.465 e. The van der Waals surface area contributed by atoms with Gasteiger partial charge < -0.3 is 24.8 Å². The van der Waals surface area contributed by atoms with Crippen LogP contribution in [0.3, 0.4) is 0 Å². The summed E-state index contributed by atoms with van der Waals surface area (Å²) in [4.78, 5) is 39.0. The Kier molecular flexibility index (Phi) is 9.21. The smallest absolute Gasteiger partial charge is 0.407 e. The van der Waals surface area contributed by atoms with Crippen LogP contribution in [0.25, 0.3) is 0 Å². The average molecular weight is 381 g/mol. The fourth-order valence-corrected chi connectivity index (χ4v) is 1.95. The zero-order valence-corrected chi connectivity index (χ0v) is 16.2. The molecule has 0 unspecified atom stereocenters. The van der Waals surface area contributed by atoms with Gasteiger partial charge in [0.1, 0.15) is 5.60 Å². The van der Waals surface area contributed by atoms with Gasteiger partial charge in [0, 0.05) is 19.2 Å². The SMILES string of the molecule is COC(=O)c1cccnc1CNC(=O)CCOCCNC(=O)OC(C)(C)C. The number of hydrogen-bond acceptors (Lipinski definition) is 7. The van der Waals surface area contributed by atoms with Crippen LogP contribution in [0.5, 0.6) is 0 Å². The highest BCUT2D eigenvalue weighted by atomic mass is 16.6. The number of methoxy groups -OCH3 is 1. The molecule has 0 saturated carbocycles. The van der Waals surface area contributed by atoms with Crippen LogP contribution in [0.1, 0.15) is 43.2 Å². The molecule has 1 heterocycles. The lowest BCUT2D eigenvalue weighted by molar-refractivity contribution is -0.122. The van der Waals surface area contributed by atoms with E-state index >= 15 is 0 Å². The Balaban J connectivity index is 2.20. The van der Waals surface area contributed by atoms with E-state index in [1.54, 1.807) is 32.9 Å². The maximum absolute atomic E-state index is 11.8. The first kappa shape index (κ1) is 22.4. The number of ether oxygens (including phenoxy) is 3. The average Bonchev–Trinajstić information content (AvgIpc) is 2.61. The number of carbonyl (C=O) groups is 3. The third kappa shape index (κ3) is 9.55.